The summed E-state index contributed by atoms with van der Waals surface area (Å²) in [5, 5.41) is 6.81. The van der Waals surface area contributed by atoms with E-state index >= 15 is 0 Å². The summed E-state index contributed by atoms with van der Waals surface area (Å²) in [7, 11) is 0. The molecule has 0 amide bonds. The van der Waals surface area contributed by atoms with E-state index in [9.17, 15) is 0 Å². The highest BCUT2D eigenvalue weighted by atomic mass is 16.3. The number of nitrogens with zero attached hydrogens (tertiary/aromatic N) is 2. The van der Waals surface area contributed by atoms with Crippen LogP contribution < -0.4 is 4.90 Å². The van der Waals surface area contributed by atoms with Gasteiger partial charge in [0.15, 0.2) is 0 Å². The predicted octanol–water partition coefficient (Wildman–Crippen LogP) is 17.1. The average molecular weight is 819 g/mol. The molecule has 13 aromatic rings. The smallest absolute Gasteiger partial charge is 0.145 e. The molecule has 0 aliphatic carbocycles. The van der Waals surface area contributed by atoms with Crippen molar-refractivity contribution in [2.45, 2.75) is 0 Å². The molecule has 0 unspecified atom stereocenters. The van der Waals surface area contributed by atoms with Crippen molar-refractivity contribution in [2.75, 3.05) is 4.90 Å². The standard InChI is InChI=1S/C60H38N2O2/c1-2-15-39(16-3-1)40-31-33-43(34-32-40)61(44-19-12-17-41(37-44)46-25-14-26-51-50-23-6-10-29-56(50)63-59(46)51)55-36-35-47(60-58(55)52-24-7-11-30-57(52)64-60)42-18-13-20-45(38-42)62-53-27-8-4-21-48(53)49-22-5-9-28-54(49)62/h1-38H. The van der Waals surface area contributed by atoms with Gasteiger partial charge in [-0.15, -0.1) is 0 Å². The second-order valence-electron chi connectivity index (χ2n) is 16.4. The Morgan fingerprint density at radius 2 is 0.875 bits per heavy atom. The summed E-state index contributed by atoms with van der Waals surface area (Å²) in [5.74, 6) is 0. The van der Waals surface area contributed by atoms with Gasteiger partial charge in [-0.1, -0.05) is 158 Å². The lowest BCUT2D eigenvalue weighted by Crippen LogP contribution is -2.10. The fourth-order valence-corrected chi connectivity index (χ4v) is 9.89. The quantitative estimate of drug-likeness (QED) is 0.161. The first kappa shape index (κ1) is 36.1. The number of benzene rings is 10. The van der Waals surface area contributed by atoms with Gasteiger partial charge in [-0.3, -0.25) is 0 Å². The van der Waals surface area contributed by atoms with Crippen molar-refractivity contribution in [2.24, 2.45) is 0 Å². The Kier molecular flexibility index (Phi) is 8.18. The van der Waals surface area contributed by atoms with Crippen LogP contribution in [-0.2, 0) is 0 Å². The van der Waals surface area contributed by atoms with Gasteiger partial charge in [0.25, 0.3) is 0 Å². The Labute approximate surface area is 369 Å². The molecular weight excluding hydrogens is 781 g/mol. The van der Waals surface area contributed by atoms with E-state index in [1.54, 1.807) is 0 Å². The maximum atomic E-state index is 6.97. The summed E-state index contributed by atoms with van der Waals surface area (Å²) in [6.45, 7) is 0. The Morgan fingerprint density at radius 1 is 0.328 bits per heavy atom. The summed E-state index contributed by atoms with van der Waals surface area (Å²) in [5.41, 5.74) is 16.5. The first-order valence-corrected chi connectivity index (χ1v) is 21.7. The lowest BCUT2D eigenvalue weighted by molar-refractivity contribution is 0.669. The molecule has 0 N–H and O–H groups in total. The Hall–Kier alpha value is -8.60. The molecule has 0 spiro atoms. The third-order valence-electron chi connectivity index (χ3n) is 12.8. The highest BCUT2D eigenvalue weighted by Gasteiger charge is 2.24. The average Bonchev–Trinajstić information content (AvgIpc) is 4.05. The van der Waals surface area contributed by atoms with Gasteiger partial charge in [0.2, 0.25) is 0 Å². The van der Waals surface area contributed by atoms with Crippen molar-refractivity contribution in [1.29, 1.82) is 0 Å². The fourth-order valence-electron chi connectivity index (χ4n) is 9.89. The minimum Gasteiger partial charge on any atom is -0.455 e. The molecule has 300 valence electrons. The summed E-state index contributed by atoms with van der Waals surface area (Å²) in [4.78, 5) is 2.37. The minimum atomic E-state index is 0.840. The third kappa shape index (κ3) is 5.70. The van der Waals surface area contributed by atoms with Crippen LogP contribution in [0.2, 0.25) is 0 Å². The van der Waals surface area contributed by atoms with Crippen molar-refractivity contribution in [3.8, 4) is 39.1 Å². The highest BCUT2D eigenvalue weighted by molar-refractivity contribution is 6.17. The molecule has 0 fully saturated rings. The van der Waals surface area contributed by atoms with Crippen LogP contribution in [0, 0.1) is 0 Å². The van der Waals surface area contributed by atoms with Crippen LogP contribution in [0.25, 0.3) is 105 Å². The van der Waals surface area contributed by atoms with Crippen LogP contribution in [0.15, 0.2) is 239 Å². The van der Waals surface area contributed by atoms with Crippen molar-refractivity contribution in [3.05, 3.63) is 231 Å². The topological polar surface area (TPSA) is 34.5 Å². The monoisotopic (exact) mass is 818 g/mol. The predicted molar refractivity (Wildman–Crippen MR) is 266 cm³/mol. The van der Waals surface area contributed by atoms with Crippen LogP contribution in [0.4, 0.5) is 17.1 Å². The second-order valence-corrected chi connectivity index (χ2v) is 16.4. The summed E-state index contributed by atoms with van der Waals surface area (Å²) >= 11 is 0. The zero-order valence-corrected chi connectivity index (χ0v) is 34.7. The van der Waals surface area contributed by atoms with E-state index in [-0.39, 0.29) is 0 Å². The van der Waals surface area contributed by atoms with Crippen LogP contribution in [0.3, 0.4) is 0 Å². The van der Waals surface area contributed by atoms with Crippen molar-refractivity contribution >= 4 is 82.7 Å². The Balaban J connectivity index is 1.02. The molecule has 64 heavy (non-hydrogen) atoms. The molecular formula is C60H38N2O2. The molecule has 0 radical (unpaired) electrons. The maximum absolute atomic E-state index is 6.97. The summed E-state index contributed by atoms with van der Waals surface area (Å²) in [6.07, 6.45) is 0. The van der Waals surface area contributed by atoms with Crippen LogP contribution >= 0.6 is 0 Å². The number of anilines is 3. The molecule has 4 nitrogen and oxygen atoms in total. The minimum absolute atomic E-state index is 0.840. The number of furan rings is 2. The van der Waals surface area contributed by atoms with Crippen molar-refractivity contribution in [1.82, 2.24) is 4.57 Å². The summed E-state index contributed by atoms with van der Waals surface area (Å²) in [6, 6.07) is 82.0. The first-order chi connectivity index (χ1) is 31.7. The molecule has 3 aromatic heterocycles. The maximum Gasteiger partial charge on any atom is 0.145 e. The van der Waals surface area contributed by atoms with Gasteiger partial charge in [0.05, 0.1) is 22.1 Å². The van der Waals surface area contributed by atoms with Crippen LogP contribution in [-0.4, -0.2) is 4.57 Å². The van der Waals surface area contributed by atoms with E-state index in [1.807, 2.05) is 12.1 Å². The molecule has 0 atom stereocenters. The van der Waals surface area contributed by atoms with E-state index in [0.717, 1.165) is 94.4 Å². The van der Waals surface area contributed by atoms with Gasteiger partial charge in [-0.2, -0.15) is 0 Å². The van der Waals surface area contributed by atoms with Gasteiger partial charge in [0, 0.05) is 55.1 Å². The van der Waals surface area contributed by atoms with Crippen molar-refractivity contribution < 1.29 is 8.83 Å². The lowest BCUT2D eigenvalue weighted by Gasteiger charge is -2.27. The zero-order chi connectivity index (χ0) is 42.1. The number of hydrogen-bond donors (Lipinski definition) is 0. The molecule has 3 heterocycles. The number of rotatable bonds is 7. The molecule has 0 saturated carbocycles. The molecule has 0 saturated heterocycles. The molecule has 0 aliphatic rings. The largest absolute Gasteiger partial charge is 0.455 e. The number of hydrogen-bond acceptors (Lipinski definition) is 3. The third-order valence-corrected chi connectivity index (χ3v) is 12.8. The van der Waals surface area contributed by atoms with Gasteiger partial charge in [-0.05, 0) is 95.1 Å². The number of para-hydroxylation sites is 5. The molecule has 4 heteroatoms. The SMILES string of the molecule is c1ccc(-c2ccc(N(c3cccc(-c4cccc5c4oc4ccccc45)c3)c3ccc(-c4cccc(-n5c6ccccc6c6ccccc65)c4)c4oc5ccccc5c34)cc2)cc1. The molecule has 0 aliphatic heterocycles. The lowest BCUT2D eigenvalue weighted by atomic mass is 9.98. The Morgan fingerprint density at radius 3 is 1.64 bits per heavy atom. The molecule has 0 bridgehead atoms. The van der Waals surface area contributed by atoms with E-state index < -0.39 is 0 Å². The van der Waals surface area contributed by atoms with Crippen molar-refractivity contribution in [3.63, 3.8) is 0 Å². The van der Waals surface area contributed by atoms with Gasteiger partial charge < -0.3 is 18.3 Å². The summed E-state index contributed by atoms with van der Waals surface area (Å²) < 4.78 is 15.9. The zero-order valence-electron chi connectivity index (χ0n) is 34.7. The van der Waals surface area contributed by atoms with Gasteiger partial charge >= 0.3 is 0 Å². The Bertz CT molecular complexity index is 3860. The second kappa shape index (κ2) is 14.5. The normalized spacial score (nSPS) is 11.8. The molecule has 13 rings (SSSR count). The van der Waals surface area contributed by atoms with Crippen LogP contribution in [0.1, 0.15) is 0 Å². The van der Waals surface area contributed by atoms with E-state index in [2.05, 4.69) is 228 Å². The first-order valence-electron chi connectivity index (χ1n) is 21.7. The van der Waals surface area contributed by atoms with Gasteiger partial charge in [-0.25, -0.2) is 0 Å². The van der Waals surface area contributed by atoms with Gasteiger partial charge in [0.1, 0.15) is 22.3 Å². The fraction of sp³-hybridized carbons (Fsp3) is 0. The van der Waals surface area contributed by atoms with E-state index in [0.29, 0.717) is 0 Å². The molecule has 10 aromatic carbocycles. The number of aromatic nitrogens is 1. The van der Waals surface area contributed by atoms with E-state index in [1.165, 1.54) is 27.4 Å². The van der Waals surface area contributed by atoms with E-state index in [4.69, 9.17) is 8.83 Å². The number of fused-ring (bicyclic) bond motifs is 9. The highest BCUT2D eigenvalue weighted by Crippen LogP contribution is 2.48. The van der Waals surface area contributed by atoms with Crippen LogP contribution in [0.5, 0.6) is 0 Å².